The summed E-state index contributed by atoms with van der Waals surface area (Å²) in [6, 6.07) is 7.85. The Hall–Kier alpha value is -1.31. The van der Waals surface area contributed by atoms with Gasteiger partial charge in [-0.3, -0.25) is 4.79 Å². The van der Waals surface area contributed by atoms with Gasteiger partial charge in [0.2, 0.25) is 0 Å². The molecular formula is C36H64O2. The van der Waals surface area contributed by atoms with E-state index in [9.17, 15) is 4.79 Å². The molecule has 0 saturated heterocycles. The molecule has 2 heteroatoms. The average molecular weight is 529 g/mol. The van der Waals surface area contributed by atoms with Crippen LogP contribution in [0.25, 0.3) is 0 Å². The number of esters is 1. The molecule has 1 atom stereocenters. The van der Waals surface area contributed by atoms with E-state index in [0.29, 0.717) is 18.1 Å². The minimum Gasteiger partial charge on any atom is -0.427 e. The fourth-order valence-electron chi connectivity index (χ4n) is 5.56. The van der Waals surface area contributed by atoms with Crippen molar-refractivity contribution in [1.82, 2.24) is 0 Å². The van der Waals surface area contributed by atoms with Crippen LogP contribution in [0.1, 0.15) is 180 Å². The summed E-state index contributed by atoms with van der Waals surface area (Å²) in [4.78, 5) is 12.7. The van der Waals surface area contributed by atoms with Crippen molar-refractivity contribution in [3.8, 4) is 5.75 Å². The highest BCUT2D eigenvalue weighted by Crippen LogP contribution is 2.24. The van der Waals surface area contributed by atoms with Gasteiger partial charge in [-0.15, -0.1) is 0 Å². The summed E-state index contributed by atoms with van der Waals surface area (Å²) in [5.74, 6) is 1.11. The summed E-state index contributed by atoms with van der Waals surface area (Å²) in [5.41, 5.74) is 1.19. The second kappa shape index (κ2) is 25.9. The largest absolute Gasteiger partial charge is 0.427 e. The van der Waals surface area contributed by atoms with E-state index in [1.165, 1.54) is 160 Å². The molecule has 0 N–H and O–H groups in total. The summed E-state index contributed by atoms with van der Waals surface area (Å²) in [5, 5.41) is 0. The molecular weight excluding hydrogens is 464 g/mol. The molecule has 220 valence electrons. The molecule has 1 rings (SSSR count). The molecule has 0 saturated carbocycles. The van der Waals surface area contributed by atoms with E-state index >= 15 is 0 Å². The molecule has 0 aliphatic heterocycles. The summed E-state index contributed by atoms with van der Waals surface area (Å²) in [6.07, 6.45) is 33.2. The van der Waals surface area contributed by atoms with E-state index in [4.69, 9.17) is 4.74 Å². The number of hydrogen-bond acceptors (Lipinski definition) is 2. The van der Waals surface area contributed by atoms with Crippen molar-refractivity contribution in [1.29, 1.82) is 0 Å². The normalized spacial score (nSPS) is 12.1. The average Bonchev–Trinajstić information content (AvgIpc) is 2.91. The van der Waals surface area contributed by atoms with E-state index in [-0.39, 0.29) is 5.97 Å². The smallest absolute Gasteiger partial charge is 0.311 e. The van der Waals surface area contributed by atoms with Crippen molar-refractivity contribution >= 4 is 5.97 Å². The van der Waals surface area contributed by atoms with Gasteiger partial charge < -0.3 is 4.74 Å². The molecule has 0 radical (unpaired) electrons. The number of carbonyl (C=O) groups is 1. The van der Waals surface area contributed by atoms with E-state index in [1.54, 1.807) is 0 Å². The molecule has 0 aromatic heterocycles. The second-order valence-corrected chi connectivity index (χ2v) is 12.0. The molecule has 0 amide bonds. The van der Waals surface area contributed by atoms with Crippen LogP contribution in [0.2, 0.25) is 0 Å². The quantitative estimate of drug-likeness (QED) is 0.0644. The third kappa shape index (κ3) is 21.6. The van der Waals surface area contributed by atoms with Gasteiger partial charge in [-0.25, -0.2) is 0 Å². The Labute approximate surface area is 238 Å². The van der Waals surface area contributed by atoms with Crippen LogP contribution in [0, 0.1) is 12.8 Å². The van der Waals surface area contributed by atoms with Crippen LogP contribution in [-0.2, 0) is 4.79 Å². The Bertz CT molecular complexity index is 635. The van der Waals surface area contributed by atoms with Crippen LogP contribution in [0.15, 0.2) is 24.3 Å². The van der Waals surface area contributed by atoms with Gasteiger partial charge in [-0.2, -0.15) is 0 Å². The van der Waals surface area contributed by atoms with Gasteiger partial charge in [0, 0.05) is 6.42 Å². The van der Waals surface area contributed by atoms with Gasteiger partial charge in [0.15, 0.2) is 0 Å². The third-order valence-electron chi connectivity index (χ3n) is 8.14. The SMILES string of the molecule is CCCCCCCCCCCCCCC(CCCCCCCCCCCC)CC(=O)Oc1ccc(C)cc1. The molecule has 1 aromatic carbocycles. The maximum Gasteiger partial charge on any atom is 0.311 e. The van der Waals surface area contributed by atoms with Crippen LogP contribution >= 0.6 is 0 Å². The minimum absolute atomic E-state index is 0.0510. The molecule has 0 heterocycles. The lowest BCUT2D eigenvalue weighted by atomic mass is 9.91. The summed E-state index contributed by atoms with van der Waals surface area (Å²) in [6.45, 7) is 6.63. The first-order chi connectivity index (χ1) is 18.7. The zero-order valence-electron chi connectivity index (χ0n) is 25.9. The summed E-state index contributed by atoms with van der Waals surface area (Å²) in [7, 11) is 0. The lowest BCUT2D eigenvalue weighted by Crippen LogP contribution is -2.14. The Morgan fingerprint density at radius 3 is 1.26 bits per heavy atom. The zero-order valence-corrected chi connectivity index (χ0v) is 25.9. The number of rotatable bonds is 27. The van der Waals surface area contributed by atoms with Crippen molar-refractivity contribution in [2.24, 2.45) is 5.92 Å². The van der Waals surface area contributed by atoms with E-state index in [2.05, 4.69) is 20.8 Å². The fourth-order valence-corrected chi connectivity index (χ4v) is 5.56. The lowest BCUT2D eigenvalue weighted by Gasteiger charge is -2.16. The van der Waals surface area contributed by atoms with Crippen molar-refractivity contribution in [2.75, 3.05) is 0 Å². The van der Waals surface area contributed by atoms with Gasteiger partial charge in [0.05, 0.1) is 0 Å². The van der Waals surface area contributed by atoms with Gasteiger partial charge in [-0.05, 0) is 37.8 Å². The predicted molar refractivity (Wildman–Crippen MR) is 167 cm³/mol. The van der Waals surface area contributed by atoms with Crippen molar-refractivity contribution < 1.29 is 9.53 Å². The van der Waals surface area contributed by atoms with Gasteiger partial charge >= 0.3 is 5.97 Å². The van der Waals surface area contributed by atoms with Crippen LogP contribution in [0.5, 0.6) is 5.75 Å². The fraction of sp³-hybridized carbons (Fsp3) is 0.806. The minimum atomic E-state index is -0.0510. The Morgan fingerprint density at radius 1 is 0.553 bits per heavy atom. The van der Waals surface area contributed by atoms with Gasteiger partial charge in [-0.1, -0.05) is 173 Å². The molecule has 38 heavy (non-hydrogen) atoms. The van der Waals surface area contributed by atoms with Gasteiger partial charge in [0.25, 0.3) is 0 Å². The molecule has 0 spiro atoms. The molecule has 1 unspecified atom stereocenters. The first kappa shape index (κ1) is 34.7. The van der Waals surface area contributed by atoms with E-state index < -0.39 is 0 Å². The van der Waals surface area contributed by atoms with Crippen LogP contribution in [0.4, 0.5) is 0 Å². The Kier molecular flexibility index (Phi) is 23.7. The topological polar surface area (TPSA) is 26.3 Å². The van der Waals surface area contributed by atoms with E-state index in [0.717, 1.165) is 0 Å². The highest BCUT2D eigenvalue weighted by atomic mass is 16.5. The molecule has 0 bridgehead atoms. The monoisotopic (exact) mass is 528 g/mol. The summed E-state index contributed by atoms with van der Waals surface area (Å²) < 4.78 is 5.67. The lowest BCUT2D eigenvalue weighted by molar-refractivity contribution is -0.135. The number of aryl methyl sites for hydroxylation is 1. The Balaban J connectivity index is 2.23. The van der Waals surface area contributed by atoms with Crippen LogP contribution in [0.3, 0.4) is 0 Å². The number of carbonyl (C=O) groups excluding carboxylic acids is 1. The maximum absolute atomic E-state index is 12.7. The van der Waals surface area contributed by atoms with Crippen LogP contribution in [-0.4, -0.2) is 5.97 Å². The predicted octanol–water partition coefficient (Wildman–Crippen LogP) is 12.3. The van der Waals surface area contributed by atoms with Crippen molar-refractivity contribution in [3.05, 3.63) is 29.8 Å². The number of unbranched alkanes of at least 4 members (excludes halogenated alkanes) is 20. The standard InChI is InChI=1S/C36H64O2/c1-4-6-8-10-12-14-16-17-19-21-23-25-27-34(26-24-22-20-18-15-13-11-9-7-5-2)32-36(37)38-35-30-28-33(3)29-31-35/h28-31,34H,4-27,32H2,1-3H3. The first-order valence-corrected chi connectivity index (χ1v) is 16.9. The maximum atomic E-state index is 12.7. The third-order valence-corrected chi connectivity index (χ3v) is 8.14. The van der Waals surface area contributed by atoms with Crippen LogP contribution < -0.4 is 4.74 Å². The van der Waals surface area contributed by atoms with Crippen molar-refractivity contribution in [2.45, 2.75) is 181 Å². The molecule has 0 aliphatic carbocycles. The highest BCUT2D eigenvalue weighted by molar-refractivity contribution is 5.72. The first-order valence-electron chi connectivity index (χ1n) is 16.9. The van der Waals surface area contributed by atoms with Gasteiger partial charge in [0.1, 0.15) is 5.75 Å². The number of benzene rings is 1. The molecule has 0 fully saturated rings. The molecule has 1 aromatic rings. The molecule has 0 aliphatic rings. The second-order valence-electron chi connectivity index (χ2n) is 12.0. The molecule has 2 nitrogen and oxygen atoms in total. The van der Waals surface area contributed by atoms with E-state index in [1.807, 2.05) is 24.3 Å². The van der Waals surface area contributed by atoms with Crippen molar-refractivity contribution in [3.63, 3.8) is 0 Å². The zero-order chi connectivity index (χ0) is 27.5. The Morgan fingerprint density at radius 2 is 0.895 bits per heavy atom. The number of hydrogen-bond donors (Lipinski definition) is 0. The highest BCUT2D eigenvalue weighted by Gasteiger charge is 2.15. The summed E-state index contributed by atoms with van der Waals surface area (Å²) >= 11 is 0. The number of ether oxygens (including phenoxy) is 1.